The zero-order valence-corrected chi connectivity index (χ0v) is 23.4. The molecule has 0 N–H and O–H groups in total. The van der Waals surface area contributed by atoms with Gasteiger partial charge in [-0.1, -0.05) is 56.1 Å². The van der Waals surface area contributed by atoms with Crippen LogP contribution in [0.25, 0.3) is 0 Å². The number of aliphatic imine (C=N–C) groups is 1. The smallest absolute Gasteiger partial charge is 0.180 e. The van der Waals surface area contributed by atoms with E-state index in [9.17, 15) is 5.26 Å². The number of ether oxygens (including phenoxy) is 2. The molecule has 0 unspecified atom stereocenters. The van der Waals surface area contributed by atoms with E-state index in [4.69, 9.17) is 37.7 Å². The Hall–Kier alpha value is -2.52. The molecule has 4 rings (SSSR count). The third-order valence-electron chi connectivity index (χ3n) is 6.54. The Morgan fingerprint density at radius 2 is 1.92 bits per heavy atom. The zero-order valence-electron chi connectivity index (χ0n) is 21.0. The third kappa shape index (κ3) is 6.06. The Balaban J connectivity index is 1.57. The Bertz CT molecular complexity index is 1300. The van der Waals surface area contributed by atoms with E-state index >= 15 is 0 Å². The summed E-state index contributed by atoms with van der Waals surface area (Å²) >= 11 is 14.2. The highest BCUT2D eigenvalue weighted by molar-refractivity contribution is 7.16. The third-order valence-corrected chi connectivity index (χ3v) is 8.24. The van der Waals surface area contributed by atoms with Crippen LogP contribution in [0.15, 0.2) is 41.4 Å². The first-order chi connectivity index (χ1) is 17.2. The van der Waals surface area contributed by atoms with E-state index in [1.165, 1.54) is 10.4 Å². The van der Waals surface area contributed by atoms with Crippen LogP contribution in [0, 0.1) is 22.7 Å². The second-order valence-electron chi connectivity index (χ2n) is 10.0. The molecule has 0 saturated heterocycles. The lowest BCUT2D eigenvalue weighted by atomic mass is 9.72. The summed E-state index contributed by atoms with van der Waals surface area (Å²) in [4.78, 5) is 6.01. The molecule has 36 heavy (non-hydrogen) atoms. The summed E-state index contributed by atoms with van der Waals surface area (Å²) in [5.74, 6) is 1.66. The van der Waals surface area contributed by atoms with Crippen LogP contribution in [0.2, 0.25) is 10.0 Å². The van der Waals surface area contributed by atoms with Gasteiger partial charge >= 0.3 is 0 Å². The molecule has 0 aliphatic heterocycles. The first kappa shape index (κ1) is 26.5. The van der Waals surface area contributed by atoms with Crippen LogP contribution >= 0.6 is 34.5 Å². The minimum atomic E-state index is 0.252. The highest BCUT2D eigenvalue weighted by Crippen LogP contribution is 2.45. The fourth-order valence-electron chi connectivity index (χ4n) is 4.45. The monoisotopic (exact) mass is 540 g/mol. The van der Waals surface area contributed by atoms with E-state index < -0.39 is 0 Å². The average molecular weight is 542 g/mol. The number of benzene rings is 2. The van der Waals surface area contributed by atoms with Crippen LogP contribution < -0.4 is 9.47 Å². The number of halogens is 2. The van der Waals surface area contributed by atoms with Crippen molar-refractivity contribution in [1.82, 2.24) is 0 Å². The summed E-state index contributed by atoms with van der Waals surface area (Å²) in [6.45, 7) is 9.61. The minimum Gasteiger partial charge on any atom is -0.490 e. The summed E-state index contributed by atoms with van der Waals surface area (Å²) < 4.78 is 11.8. The van der Waals surface area contributed by atoms with Crippen molar-refractivity contribution in [3.63, 3.8) is 0 Å². The predicted molar refractivity (Wildman–Crippen MR) is 150 cm³/mol. The predicted octanol–water partition coefficient (Wildman–Crippen LogP) is 8.81. The molecule has 1 atom stereocenters. The largest absolute Gasteiger partial charge is 0.490 e. The van der Waals surface area contributed by atoms with E-state index in [1.54, 1.807) is 23.6 Å². The van der Waals surface area contributed by atoms with Gasteiger partial charge in [-0.05, 0) is 78.5 Å². The molecule has 0 amide bonds. The normalized spacial score (nSPS) is 15.5. The molecule has 1 aliphatic carbocycles. The summed E-state index contributed by atoms with van der Waals surface area (Å²) in [5, 5.41) is 11.7. The van der Waals surface area contributed by atoms with E-state index in [-0.39, 0.29) is 5.41 Å². The average Bonchev–Trinajstić information content (AvgIpc) is 3.19. The molecular formula is C29H30Cl2N2O2S. The van der Waals surface area contributed by atoms with Crippen molar-refractivity contribution >= 4 is 45.8 Å². The summed E-state index contributed by atoms with van der Waals surface area (Å²) in [7, 11) is 0. The first-order valence-corrected chi connectivity index (χ1v) is 13.7. The van der Waals surface area contributed by atoms with Gasteiger partial charge in [0.15, 0.2) is 11.5 Å². The van der Waals surface area contributed by atoms with Crippen LogP contribution in [0.3, 0.4) is 0 Å². The Morgan fingerprint density at radius 1 is 1.17 bits per heavy atom. The molecule has 0 spiro atoms. The fraction of sp³-hybridized carbons (Fsp3) is 0.379. The lowest BCUT2D eigenvalue weighted by Crippen LogP contribution is -2.26. The molecule has 3 aromatic rings. The highest BCUT2D eigenvalue weighted by atomic mass is 35.5. The second-order valence-corrected chi connectivity index (χ2v) is 12.0. The lowest BCUT2D eigenvalue weighted by molar-refractivity contribution is 0.218. The Kier molecular flexibility index (Phi) is 8.30. The van der Waals surface area contributed by atoms with Gasteiger partial charge in [0.05, 0.1) is 17.2 Å². The summed E-state index contributed by atoms with van der Waals surface area (Å²) in [6, 6.07) is 13.5. The van der Waals surface area contributed by atoms with Gasteiger partial charge in [0.25, 0.3) is 0 Å². The molecule has 0 saturated carbocycles. The van der Waals surface area contributed by atoms with Crippen LogP contribution in [0.4, 0.5) is 5.00 Å². The van der Waals surface area contributed by atoms with Gasteiger partial charge in [-0.3, -0.25) is 0 Å². The number of hydrogen-bond acceptors (Lipinski definition) is 5. The topological polar surface area (TPSA) is 54.6 Å². The maximum atomic E-state index is 9.87. The Morgan fingerprint density at radius 3 is 2.58 bits per heavy atom. The molecule has 0 bridgehead atoms. The van der Waals surface area contributed by atoms with Crippen molar-refractivity contribution in [2.24, 2.45) is 16.3 Å². The van der Waals surface area contributed by atoms with Gasteiger partial charge in [-0.15, -0.1) is 11.3 Å². The van der Waals surface area contributed by atoms with Crippen LogP contribution in [-0.2, 0) is 19.4 Å². The first-order valence-electron chi connectivity index (χ1n) is 12.1. The van der Waals surface area contributed by atoms with Crippen LogP contribution in [0.1, 0.15) is 61.2 Å². The maximum Gasteiger partial charge on any atom is 0.180 e. The standard InChI is InChI=1S/C29H30Cl2N2O2S/c1-5-34-25-13-19(12-24(31)27(25)35-17-18-6-9-21(30)10-7-18)16-33-28-23(15-32)22-11-8-20(29(2,3)4)14-26(22)36-28/h6-7,9-10,12-13,16,20H,5,8,11,14,17H2,1-4H3/t20-/m1/s1. The van der Waals surface area contributed by atoms with Crippen LogP contribution in [-0.4, -0.2) is 12.8 Å². The van der Waals surface area contributed by atoms with Crippen molar-refractivity contribution in [3.05, 3.63) is 73.6 Å². The van der Waals surface area contributed by atoms with Gasteiger partial charge < -0.3 is 9.47 Å². The maximum absolute atomic E-state index is 9.87. The molecule has 7 heteroatoms. The molecule has 0 radical (unpaired) electrons. The molecule has 0 fully saturated rings. The number of nitriles is 1. The molecule has 4 nitrogen and oxygen atoms in total. The molecular weight excluding hydrogens is 511 g/mol. The van der Waals surface area contributed by atoms with Crippen molar-refractivity contribution in [3.8, 4) is 17.6 Å². The van der Waals surface area contributed by atoms with Gasteiger partial charge in [-0.25, -0.2) is 4.99 Å². The SMILES string of the molecule is CCOc1cc(C=Nc2sc3c(c2C#N)CC[C@@H](C(C)(C)C)C3)cc(Cl)c1OCc1ccc(Cl)cc1. The zero-order chi connectivity index (χ0) is 25.9. The number of nitrogens with zero attached hydrogens (tertiary/aromatic N) is 2. The number of thiophene rings is 1. The summed E-state index contributed by atoms with van der Waals surface area (Å²) in [6.07, 6.45) is 4.80. The number of fused-ring (bicyclic) bond motifs is 1. The van der Waals surface area contributed by atoms with E-state index in [1.807, 2.05) is 37.3 Å². The van der Waals surface area contributed by atoms with Crippen LogP contribution in [0.5, 0.6) is 11.5 Å². The van der Waals surface area contributed by atoms with E-state index in [0.29, 0.717) is 46.2 Å². The number of hydrogen-bond donors (Lipinski definition) is 0. The second kappa shape index (κ2) is 11.3. The number of rotatable bonds is 7. The fourth-order valence-corrected chi connectivity index (χ4v) is 6.07. The summed E-state index contributed by atoms with van der Waals surface area (Å²) in [5.41, 5.74) is 3.89. The van der Waals surface area contributed by atoms with Gasteiger partial charge in [0.2, 0.25) is 0 Å². The van der Waals surface area contributed by atoms with Crippen molar-refractivity contribution in [2.45, 2.75) is 53.6 Å². The molecule has 2 aromatic carbocycles. The lowest BCUT2D eigenvalue weighted by Gasteiger charge is -2.33. The van der Waals surface area contributed by atoms with Gasteiger partial charge in [0.1, 0.15) is 17.7 Å². The molecule has 1 heterocycles. The molecule has 1 aromatic heterocycles. The van der Waals surface area contributed by atoms with Crippen molar-refractivity contribution < 1.29 is 9.47 Å². The highest BCUT2D eigenvalue weighted by Gasteiger charge is 2.32. The van der Waals surface area contributed by atoms with Gasteiger partial charge in [-0.2, -0.15) is 5.26 Å². The van der Waals surface area contributed by atoms with Crippen molar-refractivity contribution in [2.75, 3.05) is 6.61 Å². The quantitative estimate of drug-likeness (QED) is 0.281. The molecule has 1 aliphatic rings. The molecule has 188 valence electrons. The van der Waals surface area contributed by atoms with Gasteiger partial charge in [0, 0.05) is 16.1 Å². The van der Waals surface area contributed by atoms with E-state index in [2.05, 4.69) is 26.8 Å². The van der Waals surface area contributed by atoms with Crippen molar-refractivity contribution in [1.29, 1.82) is 5.26 Å². The minimum absolute atomic E-state index is 0.252. The van der Waals surface area contributed by atoms with E-state index in [0.717, 1.165) is 35.4 Å². The Labute approximate surface area is 227 Å².